The van der Waals surface area contributed by atoms with Gasteiger partial charge >= 0.3 is 5.97 Å². The third kappa shape index (κ3) is 3.02. The summed E-state index contributed by atoms with van der Waals surface area (Å²) in [6, 6.07) is 7.35. The molecule has 0 unspecified atom stereocenters. The van der Waals surface area contributed by atoms with E-state index in [-0.39, 0.29) is 5.75 Å². The van der Waals surface area contributed by atoms with Gasteiger partial charge in [0, 0.05) is 10.4 Å². The second-order valence-corrected chi connectivity index (χ2v) is 6.37. The Kier molecular flexibility index (Phi) is 4.23. The van der Waals surface area contributed by atoms with E-state index in [4.69, 9.17) is 16.7 Å². The summed E-state index contributed by atoms with van der Waals surface area (Å²) in [7, 11) is 0. The molecule has 0 atom stereocenters. The Balaban J connectivity index is 2.16. The lowest BCUT2D eigenvalue weighted by Gasteiger charge is -2.03. The van der Waals surface area contributed by atoms with E-state index in [1.54, 1.807) is 16.8 Å². The van der Waals surface area contributed by atoms with Crippen LogP contribution in [0.2, 0.25) is 5.02 Å². The quantitative estimate of drug-likeness (QED) is 0.729. The SMILES string of the molecule is Cc1nnc(SCC(=O)O)c2nn(-c3ccc(Cl)cc3)c(C)c12. The average Bonchev–Trinajstić information content (AvgIpc) is 2.86. The second-order valence-electron chi connectivity index (χ2n) is 4.97. The summed E-state index contributed by atoms with van der Waals surface area (Å²) in [5, 5.41) is 23.8. The maximum absolute atomic E-state index is 10.8. The minimum atomic E-state index is -0.903. The van der Waals surface area contributed by atoms with Crippen molar-refractivity contribution in [2.45, 2.75) is 18.9 Å². The third-order valence-electron chi connectivity index (χ3n) is 3.38. The van der Waals surface area contributed by atoms with Crippen molar-refractivity contribution in [1.82, 2.24) is 20.0 Å². The van der Waals surface area contributed by atoms with Gasteiger partial charge in [0.2, 0.25) is 0 Å². The zero-order valence-corrected chi connectivity index (χ0v) is 14.0. The number of benzene rings is 1. The van der Waals surface area contributed by atoms with E-state index in [0.717, 1.165) is 34.2 Å². The number of carboxylic acids is 1. The van der Waals surface area contributed by atoms with Crippen molar-refractivity contribution in [3.63, 3.8) is 0 Å². The molecule has 0 saturated carbocycles. The lowest BCUT2D eigenvalue weighted by Crippen LogP contribution is -2.00. The van der Waals surface area contributed by atoms with Gasteiger partial charge in [-0.1, -0.05) is 23.4 Å². The Labute approximate surface area is 141 Å². The van der Waals surface area contributed by atoms with Crippen molar-refractivity contribution < 1.29 is 9.90 Å². The number of carboxylic acid groups (broad SMARTS) is 1. The minimum absolute atomic E-state index is 0.0836. The number of thioether (sulfide) groups is 1. The molecule has 2 heterocycles. The highest BCUT2D eigenvalue weighted by molar-refractivity contribution is 8.00. The fraction of sp³-hybridized carbons (Fsp3) is 0.200. The fourth-order valence-electron chi connectivity index (χ4n) is 2.36. The van der Waals surface area contributed by atoms with Crippen LogP contribution in [0.5, 0.6) is 0 Å². The van der Waals surface area contributed by atoms with Crippen molar-refractivity contribution >= 4 is 40.2 Å². The Morgan fingerprint density at radius 1 is 1.26 bits per heavy atom. The van der Waals surface area contributed by atoms with Crippen LogP contribution in [-0.4, -0.2) is 36.8 Å². The van der Waals surface area contributed by atoms with Gasteiger partial charge < -0.3 is 5.11 Å². The van der Waals surface area contributed by atoms with E-state index in [2.05, 4.69) is 15.3 Å². The van der Waals surface area contributed by atoms with E-state index >= 15 is 0 Å². The highest BCUT2D eigenvalue weighted by atomic mass is 35.5. The summed E-state index contributed by atoms with van der Waals surface area (Å²) in [5.41, 5.74) is 3.22. The van der Waals surface area contributed by atoms with Crippen molar-refractivity contribution in [3.05, 3.63) is 40.7 Å². The van der Waals surface area contributed by atoms with Crippen LogP contribution in [-0.2, 0) is 4.79 Å². The average molecular weight is 349 g/mol. The van der Waals surface area contributed by atoms with Crippen LogP contribution in [0.25, 0.3) is 16.6 Å². The van der Waals surface area contributed by atoms with Crippen LogP contribution in [0.4, 0.5) is 0 Å². The van der Waals surface area contributed by atoms with Crippen LogP contribution >= 0.6 is 23.4 Å². The van der Waals surface area contributed by atoms with Gasteiger partial charge in [-0.3, -0.25) is 4.79 Å². The number of carbonyl (C=O) groups is 1. The molecule has 23 heavy (non-hydrogen) atoms. The number of nitrogens with zero attached hydrogens (tertiary/aromatic N) is 4. The molecule has 0 aliphatic rings. The lowest BCUT2D eigenvalue weighted by molar-refractivity contribution is -0.133. The molecule has 0 fully saturated rings. The Morgan fingerprint density at radius 2 is 1.96 bits per heavy atom. The van der Waals surface area contributed by atoms with Crippen LogP contribution in [0.15, 0.2) is 29.3 Å². The molecule has 6 nitrogen and oxygen atoms in total. The molecule has 0 saturated heterocycles. The highest BCUT2D eigenvalue weighted by Gasteiger charge is 2.17. The van der Waals surface area contributed by atoms with Crippen LogP contribution in [0, 0.1) is 13.8 Å². The van der Waals surface area contributed by atoms with Gasteiger partial charge in [-0.2, -0.15) is 10.2 Å². The number of aryl methyl sites for hydroxylation is 2. The first-order valence-corrected chi connectivity index (χ1v) is 8.17. The molecule has 8 heteroatoms. The molecule has 2 aromatic heterocycles. The highest BCUT2D eigenvalue weighted by Crippen LogP contribution is 2.29. The van der Waals surface area contributed by atoms with E-state index < -0.39 is 5.97 Å². The van der Waals surface area contributed by atoms with E-state index in [1.165, 1.54) is 0 Å². The van der Waals surface area contributed by atoms with Crippen molar-refractivity contribution in [2.75, 3.05) is 5.75 Å². The number of hydrogen-bond donors (Lipinski definition) is 1. The zero-order chi connectivity index (χ0) is 16.6. The van der Waals surface area contributed by atoms with Gasteiger partial charge in [0.05, 0.1) is 22.8 Å². The molecule has 118 valence electrons. The molecule has 3 rings (SSSR count). The molecule has 0 spiro atoms. The smallest absolute Gasteiger partial charge is 0.313 e. The van der Waals surface area contributed by atoms with E-state index in [1.807, 2.05) is 26.0 Å². The number of aliphatic carboxylic acids is 1. The normalized spacial score (nSPS) is 11.1. The molecular weight excluding hydrogens is 336 g/mol. The van der Waals surface area contributed by atoms with Gasteiger partial charge in [0.1, 0.15) is 10.5 Å². The van der Waals surface area contributed by atoms with Gasteiger partial charge in [-0.15, -0.1) is 5.10 Å². The molecule has 0 amide bonds. The minimum Gasteiger partial charge on any atom is -0.481 e. The Bertz CT molecular complexity index is 893. The first kappa shape index (κ1) is 15.8. The molecule has 0 aliphatic carbocycles. The van der Waals surface area contributed by atoms with Gasteiger partial charge in [0.25, 0.3) is 0 Å². The van der Waals surface area contributed by atoms with Crippen molar-refractivity contribution in [3.8, 4) is 5.69 Å². The summed E-state index contributed by atoms with van der Waals surface area (Å²) in [6.07, 6.45) is 0. The third-order valence-corrected chi connectivity index (χ3v) is 4.57. The van der Waals surface area contributed by atoms with E-state index in [0.29, 0.717) is 15.6 Å². The molecular formula is C15H13ClN4O2S. The topological polar surface area (TPSA) is 80.9 Å². The summed E-state index contributed by atoms with van der Waals surface area (Å²) >= 11 is 7.05. The molecule has 0 bridgehead atoms. The van der Waals surface area contributed by atoms with E-state index in [9.17, 15) is 4.79 Å². The molecule has 1 N–H and O–H groups in total. The zero-order valence-electron chi connectivity index (χ0n) is 12.4. The molecule has 0 radical (unpaired) electrons. The summed E-state index contributed by atoms with van der Waals surface area (Å²) in [6.45, 7) is 3.81. The predicted octanol–water partition coefficient (Wildman–Crippen LogP) is 3.26. The van der Waals surface area contributed by atoms with Crippen molar-refractivity contribution in [1.29, 1.82) is 0 Å². The summed E-state index contributed by atoms with van der Waals surface area (Å²) in [5.74, 6) is -0.987. The molecule has 0 aliphatic heterocycles. The summed E-state index contributed by atoms with van der Waals surface area (Å²) in [4.78, 5) is 10.8. The standard InChI is InChI=1S/C15H13ClN4O2S/c1-8-13-9(2)20(11-5-3-10(16)4-6-11)19-14(13)15(18-17-8)23-7-12(21)22/h3-6H,7H2,1-2H3,(H,21,22). The summed E-state index contributed by atoms with van der Waals surface area (Å²) < 4.78 is 1.79. The number of halogens is 1. The number of rotatable bonds is 4. The predicted molar refractivity (Wildman–Crippen MR) is 89.5 cm³/mol. The van der Waals surface area contributed by atoms with Gasteiger partial charge in [0.15, 0.2) is 0 Å². The number of hydrogen-bond acceptors (Lipinski definition) is 5. The lowest BCUT2D eigenvalue weighted by atomic mass is 10.2. The first-order chi connectivity index (χ1) is 11.0. The number of fused-ring (bicyclic) bond motifs is 1. The molecule has 1 aromatic carbocycles. The van der Waals surface area contributed by atoms with Gasteiger partial charge in [-0.05, 0) is 38.1 Å². The Morgan fingerprint density at radius 3 is 2.61 bits per heavy atom. The maximum Gasteiger partial charge on any atom is 0.313 e. The van der Waals surface area contributed by atoms with Gasteiger partial charge in [-0.25, -0.2) is 4.68 Å². The Hall–Kier alpha value is -2.12. The molecule has 3 aromatic rings. The maximum atomic E-state index is 10.8. The largest absolute Gasteiger partial charge is 0.481 e. The monoisotopic (exact) mass is 348 g/mol. The van der Waals surface area contributed by atoms with Crippen LogP contribution < -0.4 is 0 Å². The first-order valence-electron chi connectivity index (χ1n) is 6.80. The number of aromatic nitrogens is 4. The van der Waals surface area contributed by atoms with Crippen molar-refractivity contribution in [2.24, 2.45) is 0 Å². The second kappa shape index (κ2) is 6.17. The van der Waals surface area contributed by atoms with Crippen LogP contribution in [0.3, 0.4) is 0 Å². The van der Waals surface area contributed by atoms with Crippen LogP contribution in [0.1, 0.15) is 11.4 Å². The fourth-order valence-corrected chi connectivity index (χ4v) is 3.13.